The molecule has 2 aliphatic heterocycles. The van der Waals surface area contributed by atoms with Crippen LogP contribution in [0.1, 0.15) is 29.2 Å². The monoisotopic (exact) mass is 541 g/mol. The fraction of sp³-hybridized carbons (Fsp3) is 0.323. The molecule has 40 heavy (non-hydrogen) atoms. The molecule has 0 unspecified atom stereocenters. The molecule has 9 nitrogen and oxygen atoms in total. The molecule has 2 aliphatic rings. The highest BCUT2D eigenvalue weighted by atomic mass is 16.3. The lowest BCUT2D eigenvalue weighted by Crippen LogP contribution is -2.76. The van der Waals surface area contributed by atoms with E-state index < -0.39 is 12.2 Å². The lowest BCUT2D eigenvalue weighted by Gasteiger charge is -2.55. The third-order valence-corrected chi connectivity index (χ3v) is 7.55. The molecule has 2 heterocycles. The number of rotatable bonds is 7. The third kappa shape index (κ3) is 5.79. The molecule has 9 heteroatoms. The van der Waals surface area contributed by atoms with Crippen LogP contribution in [0, 0.1) is 6.92 Å². The van der Waals surface area contributed by atoms with Crippen LogP contribution in [-0.4, -0.2) is 74.6 Å². The van der Waals surface area contributed by atoms with E-state index in [0.29, 0.717) is 19.6 Å². The molecule has 2 saturated heterocycles. The van der Waals surface area contributed by atoms with Gasteiger partial charge in [0.1, 0.15) is 18.0 Å². The SMILES string of the molecule is CCN1CC(=O)N2[C@@H](Cc3ccc(O)cc3)C(=O)N(Cc3ccc(C)cc3)C[C@@H]2N1C(=O)NCc1ccccc1. The fourth-order valence-electron chi connectivity index (χ4n) is 5.43. The van der Waals surface area contributed by atoms with Gasteiger partial charge in [0.2, 0.25) is 11.8 Å². The summed E-state index contributed by atoms with van der Waals surface area (Å²) in [6, 6.07) is 23.2. The van der Waals surface area contributed by atoms with Crippen molar-refractivity contribution in [2.45, 2.75) is 45.6 Å². The first-order valence-electron chi connectivity index (χ1n) is 13.6. The van der Waals surface area contributed by atoms with Crippen molar-refractivity contribution < 1.29 is 19.5 Å². The van der Waals surface area contributed by atoms with Crippen LogP contribution >= 0.6 is 0 Å². The van der Waals surface area contributed by atoms with Crippen molar-refractivity contribution in [1.82, 2.24) is 25.1 Å². The Morgan fingerprint density at radius 1 is 0.925 bits per heavy atom. The van der Waals surface area contributed by atoms with Crippen LogP contribution < -0.4 is 5.32 Å². The molecule has 2 N–H and O–H groups in total. The van der Waals surface area contributed by atoms with Crippen molar-refractivity contribution >= 4 is 17.8 Å². The van der Waals surface area contributed by atoms with Gasteiger partial charge in [-0.3, -0.25) is 9.59 Å². The summed E-state index contributed by atoms with van der Waals surface area (Å²) < 4.78 is 0. The van der Waals surface area contributed by atoms with E-state index in [1.807, 2.05) is 68.4 Å². The molecule has 0 aliphatic carbocycles. The van der Waals surface area contributed by atoms with Gasteiger partial charge in [0.25, 0.3) is 0 Å². The molecule has 208 valence electrons. The van der Waals surface area contributed by atoms with Gasteiger partial charge in [0.15, 0.2) is 0 Å². The predicted octanol–water partition coefficient (Wildman–Crippen LogP) is 3.27. The van der Waals surface area contributed by atoms with Crippen LogP contribution in [0.3, 0.4) is 0 Å². The van der Waals surface area contributed by atoms with E-state index in [1.54, 1.807) is 44.1 Å². The highest BCUT2D eigenvalue weighted by Gasteiger charge is 2.51. The largest absolute Gasteiger partial charge is 0.508 e. The number of nitrogens with one attached hydrogen (secondary N) is 1. The quantitative estimate of drug-likeness (QED) is 0.479. The molecule has 5 rings (SSSR count). The smallest absolute Gasteiger partial charge is 0.334 e. The van der Waals surface area contributed by atoms with Crippen molar-refractivity contribution in [2.75, 3.05) is 19.6 Å². The summed E-state index contributed by atoms with van der Waals surface area (Å²) in [5.74, 6) is -0.217. The minimum atomic E-state index is -0.787. The average molecular weight is 542 g/mol. The normalized spacial score (nSPS) is 19.5. The Morgan fingerprint density at radius 3 is 2.27 bits per heavy atom. The van der Waals surface area contributed by atoms with Crippen molar-refractivity contribution in [1.29, 1.82) is 0 Å². The highest BCUT2D eigenvalue weighted by Crippen LogP contribution is 2.29. The van der Waals surface area contributed by atoms with Gasteiger partial charge in [-0.05, 0) is 35.7 Å². The van der Waals surface area contributed by atoms with E-state index in [1.165, 1.54) is 0 Å². The van der Waals surface area contributed by atoms with E-state index in [-0.39, 0.29) is 43.1 Å². The number of urea groups is 1. The average Bonchev–Trinajstić information content (AvgIpc) is 2.96. The number of fused-ring (bicyclic) bond motifs is 1. The Bertz CT molecular complexity index is 1350. The number of likely N-dealkylation sites (N-methyl/N-ethyl adjacent to an activating group) is 1. The number of amides is 4. The summed E-state index contributed by atoms with van der Waals surface area (Å²) in [6.45, 7) is 5.30. The first kappa shape index (κ1) is 27.2. The molecule has 3 aromatic carbocycles. The van der Waals surface area contributed by atoms with E-state index in [4.69, 9.17) is 0 Å². The number of piperazine rings is 1. The maximum Gasteiger partial charge on any atom is 0.334 e. The van der Waals surface area contributed by atoms with Gasteiger partial charge < -0.3 is 20.2 Å². The molecule has 0 radical (unpaired) electrons. The van der Waals surface area contributed by atoms with E-state index in [9.17, 15) is 19.5 Å². The molecular formula is C31H35N5O4. The van der Waals surface area contributed by atoms with E-state index >= 15 is 0 Å². The molecule has 0 aromatic heterocycles. The summed E-state index contributed by atoms with van der Waals surface area (Å²) in [4.78, 5) is 44.6. The topological polar surface area (TPSA) is 96.4 Å². The lowest BCUT2D eigenvalue weighted by molar-refractivity contribution is -0.190. The van der Waals surface area contributed by atoms with Gasteiger partial charge in [0, 0.05) is 26.1 Å². The Morgan fingerprint density at radius 2 is 1.60 bits per heavy atom. The molecule has 0 saturated carbocycles. The summed E-state index contributed by atoms with van der Waals surface area (Å²) in [5.41, 5.74) is 3.89. The Kier molecular flexibility index (Phi) is 8.02. The lowest BCUT2D eigenvalue weighted by atomic mass is 9.98. The zero-order valence-corrected chi connectivity index (χ0v) is 22.9. The van der Waals surface area contributed by atoms with Gasteiger partial charge in [-0.25, -0.2) is 14.8 Å². The summed E-state index contributed by atoms with van der Waals surface area (Å²) in [7, 11) is 0. The molecule has 0 spiro atoms. The van der Waals surface area contributed by atoms with Crippen molar-refractivity contribution in [3.8, 4) is 5.75 Å². The molecule has 0 bridgehead atoms. The van der Waals surface area contributed by atoms with Crippen LogP contribution in [0.25, 0.3) is 0 Å². The third-order valence-electron chi connectivity index (χ3n) is 7.55. The van der Waals surface area contributed by atoms with Gasteiger partial charge >= 0.3 is 6.03 Å². The van der Waals surface area contributed by atoms with Crippen LogP contribution in [0.2, 0.25) is 0 Å². The zero-order chi connectivity index (χ0) is 28.2. The van der Waals surface area contributed by atoms with Gasteiger partial charge in [-0.15, -0.1) is 0 Å². The number of aryl methyl sites for hydroxylation is 1. The van der Waals surface area contributed by atoms with Crippen LogP contribution in [-0.2, 0) is 29.1 Å². The molecule has 3 aromatic rings. The second kappa shape index (κ2) is 11.8. The number of phenolic OH excluding ortho intramolecular Hbond substituents is 1. The number of hydrazine groups is 1. The maximum atomic E-state index is 14.0. The summed E-state index contributed by atoms with van der Waals surface area (Å²) >= 11 is 0. The molecule has 4 amide bonds. The van der Waals surface area contributed by atoms with Crippen LogP contribution in [0.4, 0.5) is 4.79 Å². The predicted molar refractivity (Wildman–Crippen MR) is 151 cm³/mol. The number of benzene rings is 3. The van der Waals surface area contributed by atoms with Crippen molar-refractivity contribution in [3.63, 3.8) is 0 Å². The summed E-state index contributed by atoms with van der Waals surface area (Å²) in [5, 5.41) is 16.1. The van der Waals surface area contributed by atoms with Gasteiger partial charge in [0.05, 0.1) is 13.1 Å². The number of phenols is 1. The number of aromatic hydroxyl groups is 1. The fourth-order valence-corrected chi connectivity index (χ4v) is 5.43. The Labute approximate surface area is 234 Å². The number of carbonyl (C=O) groups excluding carboxylic acids is 3. The number of hydrogen-bond donors (Lipinski definition) is 2. The Hall–Kier alpha value is -4.37. The van der Waals surface area contributed by atoms with Crippen LogP contribution in [0.15, 0.2) is 78.9 Å². The van der Waals surface area contributed by atoms with Crippen molar-refractivity contribution in [2.24, 2.45) is 0 Å². The molecule has 2 fully saturated rings. The zero-order valence-electron chi connectivity index (χ0n) is 22.9. The van der Waals surface area contributed by atoms with Gasteiger partial charge in [-0.2, -0.15) is 0 Å². The minimum Gasteiger partial charge on any atom is -0.508 e. The first-order valence-corrected chi connectivity index (χ1v) is 13.6. The molecule has 2 atom stereocenters. The second-order valence-corrected chi connectivity index (χ2v) is 10.3. The number of carbonyl (C=O) groups is 3. The first-order chi connectivity index (χ1) is 19.3. The standard InChI is InChI=1S/C31H35N5O4/c1-3-34-21-29(38)35-27(17-23-13-15-26(37)16-14-23)30(39)33(19-25-11-9-22(2)10-12-25)20-28(35)36(34)31(40)32-18-24-7-5-4-6-8-24/h4-16,27-28,37H,3,17-21H2,1-2H3,(H,32,40)/t27-,28-/m0/s1. The van der Waals surface area contributed by atoms with Crippen molar-refractivity contribution in [3.05, 3.63) is 101 Å². The molecular weight excluding hydrogens is 506 g/mol. The number of nitrogens with zero attached hydrogens (tertiary/aromatic N) is 4. The second-order valence-electron chi connectivity index (χ2n) is 10.3. The Balaban J connectivity index is 1.47. The van der Waals surface area contributed by atoms with Gasteiger partial charge in [-0.1, -0.05) is 79.2 Å². The van der Waals surface area contributed by atoms with E-state index in [0.717, 1.165) is 22.3 Å². The number of hydrogen-bond acceptors (Lipinski definition) is 5. The summed E-state index contributed by atoms with van der Waals surface area (Å²) in [6.07, 6.45) is -0.389. The maximum absolute atomic E-state index is 14.0. The highest BCUT2D eigenvalue weighted by molar-refractivity contribution is 5.91. The van der Waals surface area contributed by atoms with E-state index in [2.05, 4.69) is 5.32 Å². The van der Waals surface area contributed by atoms with Crippen LogP contribution in [0.5, 0.6) is 5.75 Å². The minimum absolute atomic E-state index is 0.00305.